The molecule has 0 aromatic heterocycles. The van der Waals surface area contributed by atoms with Crippen LogP contribution in [0, 0.1) is 5.92 Å². The van der Waals surface area contributed by atoms with E-state index in [0.717, 1.165) is 32.1 Å². The first-order valence-electron chi connectivity index (χ1n) is 9.60. The second-order valence-corrected chi connectivity index (χ2v) is 6.36. The minimum Gasteiger partial charge on any atom is -0.466 e. The van der Waals surface area contributed by atoms with Crippen LogP contribution in [-0.2, 0) is 20.7 Å². The van der Waals surface area contributed by atoms with E-state index < -0.39 is 0 Å². The fourth-order valence-corrected chi connectivity index (χ4v) is 2.91. The predicted molar refractivity (Wildman–Crippen MR) is 101 cm³/mol. The molecule has 0 heterocycles. The van der Waals surface area contributed by atoms with Crippen LogP contribution < -0.4 is 0 Å². The molecule has 1 rings (SSSR count). The highest BCUT2D eigenvalue weighted by Gasteiger charge is 2.23. The van der Waals surface area contributed by atoms with Crippen molar-refractivity contribution in [3.63, 3.8) is 0 Å². The molecular formula is C21H33NO3. The number of nitrogens with zero attached hydrogens (tertiary/aromatic N) is 1. The second kappa shape index (κ2) is 12.5. The first-order valence-corrected chi connectivity index (χ1v) is 9.60. The highest BCUT2D eigenvalue weighted by atomic mass is 16.5. The largest absolute Gasteiger partial charge is 0.466 e. The standard InChI is InChI=1S/C21H33NO3/c1-4-7-13-19(5-2)21(24)22(17-15-20(23)25-6-3)16-14-18-11-9-8-10-12-18/h8-12,19H,4-7,13-17H2,1-3H3. The van der Waals surface area contributed by atoms with Crippen LogP contribution in [0.3, 0.4) is 0 Å². The number of hydrogen-bond acceptors (Lipinski definition) is 3. The molecule has 1 aromatic carbocycles. The van der Waals surface area contributed by atoms with Gasteiger partial charge in [0, 0.05) is 19.0 Å². The molecule has 0 aliphatic carbocycles. The summed E-state index contributed by atoms with van der Waals surface area (Å²) in [5.41, 5.74) is 1.21. The maximum absolute atomic E-state index is 12.9. The molecule has 1 atom stereocenters. The summed E-state index contributed by atoms with van der Waals surface area (Å²) in [7, 11) is 0. The van der Waals surface area contributed by atoms with Crippen LogP contribution in [0.1, 0.15) is 58.4 Å². The van der Waals surface area contributed by atoms with Crippen LogP contribution in [0.4, 0.5) is 0 Å². The molecule has 25 heavy (non-hydrogen) atoms. The molecule has 0 aliphatic rings. The van der Waals surface area contributed by atoms with Gasteiger partial charge in [0.25, 0.3) is 0 Å². The van der Waals surface area contributed by atoms with Crippen molar-refractivity contribution in [2.75, 3.05) is 19.7 Å². The van der Waals surface area contributed by atoms with Gasteiger partial charge < -0.3 is 9.64 Å². The smallest absolute Gasteiger partial charge is 0.307 e. The van der Waals surface area contributed by atoms with Crippen molar-refractivity contribution in [2.24, 2.45) is 5.92 Å². The van der Waals surface area contributed by atoms with Crippen molar-refractivity contribution in [1.82, 2.24) is 4.90 Å². The molecule has 0 N–H and O–H groups in total. The van der Waals surface area contributed by atoms with Gasteiger partial charge in [-0.05, 0) is 31.7 Å². The Morgan fingerprint density at radius 3 is 2.40 bits per heavy atom. The SMILES string of the molecule is CCCCC(CC)C(=O)N(CCC(=O)OCC)CCc1ccccc1. The van der Waals surface area contributed by atoms with Gasteiger partial charge in [-0.2, -0.15) is 0 Å². The third-order valence-corrected chi connectivity index (χ3v) is 4.46. The lowest BCUT2D eigenvalue weighted by Gasteiger charge is -2.27. The van der Waals surface area contributed by atoms with Gasteiger partial charge in [0.05, 0.1) is 13.0 Å². The van der Waals surface area contributed by atoms with E-state index in [0.29, 0.717) is 19.7 Å². The molecule has 0 bridgehead atoms. The van der Waals surface area contributed by atoms with Gasteiger partial charge in [-0.3, -0.25) is 9.59 Å². The zero-order chi connectivity index (χ0) is 18.5. The molecule has 1 unspecified atom stereocenters. The molecule has 0 fully saturated rings. The van der Waals surface area contributed by atoms with E-state index in [1.807, 2.05) is 23.1 Å². The number of amides is 1. The Morgan fingerprint density at radius 1 is 1.08 bits per heavy atom. The van der Waals surface area contributed by atoms with Crippen LogP contribution in [0.15, 0.2) is 30.3 Å². The van der Waals surface area contributed by atoms with Crippen LogP contribution in [-0.4, -0.2) is 36.5 Å². The number of rotatable bonds is 12. The molecule has 1 aromatic rings. The van der Waals surface area contributed by atoms with E-state index in [-0.39, 0.29) is 24.2 Å². The Morgan fingerprint density at radius 2 is 1.80 bits per heavy atom. The third-order valence-electron chi connectivity index (χ3n) is 4.46. The van der Waals surface area contributed by atoms with E-state index in [2.05, 4.69) is 26.0 Å². The summed E-state index contributed by atoms with van der Waals surface area (Å²) in [5, 5.41) is 0. The number of carbonyl (C=O) groups excluding carboxylic acids is 2. The first kappa shape index (κ1) is 21.2. The summed E-state index contributed by atoms with van der Waals surface area (Å²) >= 11 is 0. The first-order chi connectivity index (χ1) is 12.1. The molecule has 0 aliphatic heterocycles. The van der Waals surface area contributed by atoms with Crippen molar-refractivity contribution >= 4 is 11.9 Å². The van der Waals surface area contributed by atoms with Crippen LogP contribution >= 0.6 is 0 Å². The Kier molecular flexibility index (Phi) is 10.6. The van der Waals surface area contributed by atoms with Crippen LogP contribution in [0.2, 0.25) is 0 Å². The van der Waals surface area contributed by atoms with E-state index in [4.69, 9.17) is 4.74 Å². The minimum absolute atomic E-state index is 0.0536. The van der Waals surface area contributed by atoms with Crippen molar-refractivity contribution in [3.8, 4) is 0 Å². The second-order valence-electron chi connectivity index (χ2n) is 6.36. The monoisotopic (exact) mass is 347 g/mol. The van der Waals surface area contributed by atoms with Crippen LogP contribution in [0.25, 0.3) is 0 Å². The molecule has 4 nitrogen and oxygen atoms in total. The predicted octanol–water partition coefficient (Wildman–Crippen LogP) is 4.23. The number of unbranched alkanes of at least 4 members (excludes halogenated alkanes) is 1. The quantitative estimate of drug-likeness (QED) is 0.532. The molecule has 0 saturated heterocycles. The third kappa shape index (κ3) is 8.19. The van der Waals surface area contributed by atoms with Gasteiger partial charge >= 0.3 is 5.97 Å². The lowest BCUT2D eigenvalue weighted by molar-refractivity contribution is -0.144. The van der Waals surface area contributed by atoms with Crippen molar-refractivity contribution < 1.29 is 14.3 Å². The average Bonchev–Trinajstić information content (AvgIpc) is 2.63. The average molecular weight is 347 g/mol. The van der Waals surface area contributed by atoms with Gasteiger partial charge in [-0.1, -0.05) is 57.0 Å². The number of esters is 1. The van der Waals surface area contributed by atoms with E-state index in [9.17, 15) is 9.59 Å². The lowest BCUT2D eigenvalue weighted by atomic mass is 9.97. The molecule has 4 heteroatoms. The summed E-state index contributed by atoms with van der Waals surface area (Å²) in [6.45, 7) is 7.47. The normalized spacial score (nSPS) is 11.8. The van der Waals surface area contributed by atoms with Crippen molar-refractivity contribution in [2.45, 2.75) is 59.3 Å². The summed E-state index contributed by atoms with van der Waals surface area (Å²) in [4.78, 5) is 26.5. The van der Waals surface area contributed by atoms with Crippen molar-refractivity contribution in [3.05, 3.63) is 35.9 Å². The lowest BCUT2D eigenvalue weighted by Crippen LogP contribution is -2.39. The molecular weight excluding hydrogens is 314 g/mol. The van der Waals surface area contributed by atoms with Gasteiger partial charge in [-0.15, -0.1) is 0 Å². The fraction of sp³-hybridized carbons (Fsp3) is 0.619. The Balaban J connectivity index is 2.70. The van der Waals surface area contributed by atoms with Crippen molar-refractivity contribution in [1.29, 1.82) is 0 Å². The number of ether oxygens (including phenoxy) is 1. The Hall–Kier alpha value is -1.84. The highest BCUT2D eigenvalue weighted by Crippen LogP contribution is 2.17. The Bertz CT molecular complexity index is 501. The zero-order valence-corrected chi connectivity index (χ0v) is 16.0. The summed E-state index contributed by atoms with van der Waals surface area (Å²) < 4.78 is 5.01. The van der Waals surface area contributed by atoms with Gasteiger partial charge in [0.15, 0.2) is 0 Å². The van der Waals surface area contributed by atoms with E-state index >= 15 is 0 Å². The molecule has 0 spiro atoms. The topological polar surface area (TPSA) is 46.6 Å². The summed E-state index contributed by atoms with van der Waals surface area (Å²) in [6.07, 6.45) is 5.00. The summed E-state index contributed by atoms with van der Waals surface area (Å²) in [5.74, 6) is -0.00397. The van der Waals surface area contributed by atoms with Gasteiger partial charge in [-0.25, -0.2) is 0 Å². The molecule has 1 amide bonds. The van der Waals surface area contributed by atoms with Gasteiger partial charge in [0.1, 0.15) is 0 Å². The molecule has 0 saturated carbocycles. The maximum Gasteiger partial charge on any atom is 0.307 e. The van der Waals surface area contributed by atoms with E-state index in [1.54, 1.807) is 6.92 Å². The molecule has 0 radical (unpaired) electrons. The Labute approximate surface area is 152 Å². The number of hydrogen-bond donors (Lipinski definition) is 0. The summed E-state index contributed by atoms with van der Waals surface area (Å²) in [6, 6.07) is 10.2. The highest BCUT2D eigenvalue weighted by molar-refractivity contribution is 5.79. The zero-order valence-electron chi connectivity index (χ0n) is 16.0. The number of benzene rings is 1. The number of carbonyl (C=O) groups is 2. The fourth-order valence-electron chi connectivity index (χ4n) is 2.91. The maximum atomic E-state index is 12.9. The molecule has 140 valence electrons. The van der Waals surface area contributed by atoms with Gasteiger partial charge in [0.2, 0.25) is 5.91 Å². The van der Waals surface area contributed by atoms with Crippen LogP contribution in [0.5, 0.6) is 0 Å². The minimum atomic E-state index is -0.235. The van der Waals surface area contributed by atoms with E-state index in [1.165, 1.54) is 5.56 Å².